The molecule has 0 aromatic heterocycles. The molecule has 0 saturated carbocycles. The minimum Gasteiger partial charge on any atom is -0.507 e. The smallest absolute Gasteiger partial charge is 0.151 e. The van der Waals surface area contributed by atoms with Gasteiger partial charge in [-0.15, -0.1) is 0 Å². The summed E-state index contributed by atoms with van der Waals surface area (Å²) in [6.07, 6.45) is 4.23. The molecule has 128 valence electrons. The molecule has 24 heavy (non-hydrogen) atoms. The number of hydrogen-bond acceptors (Lipinski definition) is 2. The largest absolute Gasteiger partial charge is 0.507 e. The number of fused-ring (bicyclic) bond motifs is 3. The fourth-order valence-electron chi connectivity index (χ4n) is 3.48. The molecule has 2 aromatic rings. The molecule has 3 rings (SSSR count). The molecule has 0 aliphatic carbocycles. The molecule has 0 saturated heterocycles. The highest BCUT2D eigenvalue weighted by atomic mass is 35.5. The van der Waals surface area contributed by atoms with Crippen LogP contribution in [0.3, 0.4) is 0 Å². The minimum atomic E-state index is -0.478. The molecule has 1 N–H and O–H groups in total. The lowest BCUT2D eigenvalue weighted by Crippen LogP contribution is -2.29. The van der Waals surface area contributed by atoms with Gasteiger partial charge >= 0.3 is 0 Å². The van der Waals surface area contributed by atoms with Crippen LogP contribution in [0.4, 0.5) is 0 Å². The number of hydrogen-bond donors (Lipinski definition) is 1. The van der Waals surface area contributed by atoms with Crippen LogP contribution >= 0.6 is 11.6 Å². The molecule has 1 aliphatic rings. The summed E-state index contributed by atoms with van der Waals surface area (Å²) in [6, 6.07) is 8.07. The number of halogens is 1. The number of aryl methyl sites for hydroxylation is 2. The molecule has 0 amide bonds. The second-order valence-corrected chi connectivity index (χ2v) is 7.57. The lowest BCUT2D eigenvalue weighted by molar-refractivity contribution is 0.105. The Balaban J connectivity index is 2.17. The van der Waals surface area contributed by atoms with E-state index in [9.17, 15) is 5.11 Å². The molecule has 1 heterocycles. The number of phenols is 1. The SMILES string of the molecule is CCCCCc1cc(O)c2c(c1Cl)OC(C)(C)c1ccc(C)cc1-2. The first kappa shape index (κ1) is 17.2. The Bertz CT molecular complexity index is 778. The van der Waals surface area contributed by atoms with Crippen LogP contribution in [0.1, 0.15) is 56.7 Å². The quantitative estimate of drug-likeness (QED) is 0.652. The second kappa shape index (κ2) is 6.33. The summed E-state index contributed by atoms with van der Waals surface area (Å²) in [5.74, 6) is 0.870. The first-order chi connectivity index (χ1) is 11.3. The van der Waals surface area contributed by atoms with Gasteiger partial charge < -0.3 is 9.84 Å². The summed E-state index contributed by atoms with van der Waals surface area (Å²) in [5, 5.41) is 11.3. The van der Waals surface area contributed by atoms with Crippen molar-refractivity contribution in [2.75, 3.05) is 0 Å². The summed E-state index contributed by atoms with van der Waals surface area (Å²) in [6.45, 7) is 8.32. The Morgan fingerprint density at radius 2 is 1.92 bits per heavy atom. The van der Waals surface area contributed by atoms with E-state index >= 15 is 0 Å². The molecule has 0 atom stereocenters. The van der Waals surface area contributed by atoms with E-state index in [1.54, 1.807) is 0 Å². The molecule has 0 fully saturated rings. The fraction of sp³-hybridized carbons (Fsp3) is 0.429. The maximum Gasteiger partial charge on any atom is 0.151 e. The van der Waals surface area contributed by atoms with E-state index in [4.69, 9.17) is 16.3 Å². The molecular formula is C21H25ClO2. The van der Waals surface area contributed by atoms with Crippen molar-refractivity contribution in [1.29, 1.82) is 0 Å². The Labute approximate surface area is 149 Å². The number of unbranched alkanes of at least 4 members (excludes halogenated alkanes) is 2. The number of phenolic OH excluding ortho intramolecular Hbond substituents is 1. The van der Waals surface area contributed by atoms with E-state index in [0.717, 1.165) is 53.5 Å². The maximum atomic E-state index is 10.7. The predicted molar refractivity (Wildman–Crippen MR) is 100 cm³/mol. The van der Waals surface area contributed by atoms with Gasteiger partial charge in [0.15, 0.2) is 5.75 Å². The molecule has 0 radical (unpaired) electrons. The van der Waals surface area contributed by atoms with Crippen molar-refractivity contribution < 1.29 is 9.84 Å². The van der Waals surface area contributed by atoms with Crippen molar-refractivity contribution >= 4 is 11.6 Å². The van der Waals surface area contributed by atoms with Crippen molar-refractivity contribution in [2.45, 2.75) is 59.0 Å². The third kappa shape index (κ3) is 2.88. The summed E-state index contributed by atoms with van der Waals surface area (Å²) in [7, 11) is 0. The van der Waals surface area contributed by atoms with E-state index in [-0.39, 0.29) is 5.75 Å². The van der Waals surface area contributed by atoms with Gasteiger partial charge in [0.2, 0.25) is 0 Å². The molecule has 3 heteroatoms. The van der Waals surface area contributed by atoms with Crippen molar-refractivity contribution in [3.05, 3.63) is 46.0 Å². The molecule has 1 aliphatic heterocycles. The first-order valence-corrected chi connectivity index (χ1v) is 9.07. The zero-order chi connectivity index (χ0) is 17.5. The van der Waals surface area contributed by atoms with Gasteiger partial charge in [-0.05, 0) is 50.8 Å². The first-order valence-electron chi connectivity index (χ1n) is 8.70. The Kier molecular flexibility index (Phi) is 4.52. The Hall–Kier alpha value is -1.67. The molecule has 2 aromatic carbocycles. The van der Waals surface area contributed by atoms with Gasteiger partial charge in [0.25, 0.3) is 0 Å². The molecule has 2 nitrogen and oxygen atoms in total. The van der Waals surface area contributed by atoms with Gasteiger partial charge in [0, 0.05) is 5.56 Å². The number of benzene rings is 2. The fourth-order valence-corrected chi connectivity index (χ4v) is 3.76. The lowest BCUT2D eigenvalue weighted by Gasteiger charge is -2.36. The zero-order valence-electron chi connectivity index (χ0n) is 14.9. The minimum absolute atomic E-state index is 0.253. The van der Waals surface area contributed by atoms with Crippen molar-refractivity contribution in [3.63, 3.8) is 0 Å². The number of rotatable bonds is 4. The lowest BCUT2D eigenvalue weighted by atomic mass is 9.84. The highest BCUT2D eigenvalue weighted by Crippen LogP contribution is 2.53. The average molecular weight is 345 g/mol. The van der Waals surface area contributed by atoms with Crippen molar-refractivity contribution in [3.8, 4) is 22.6 Å². The number of aromatic hydroxyl groups is 1. The van der Waals surface area contributed by atoms with E-state index in [2.05, 4.69) is 32.0 Å². The van der Waals surface area contributed by atoms with Crippen LogP contribution in [0, 0.1) is 6.92 Å². The third-order valence-electron chi connectivity index (χ3n) is 4.78. The van der Waals surface area contributed by atoms with E-state index < -0.39 is 5.60 Å². The standard InChI is InChI=1S/C21H25ClO2/c1-5-6-7-8-14-12-17(23)18-15-11-13(2)9-10-16(15)21(3,4)24-20(18)19(14)22/h9-12,23H,5-8H2,1-4H3. The van der Waals surface area contributed by atoms with E-state index in [0.29, 0.717) is 10.8 Å². The van der Waals surface area contributed by atoms with Gasteiger partial charge in [0.05, 0.1) is 10.6 Å². The maximum absolute atomic E-state index is 10.7. The van der Waals surface area contributed by atoms with E-state index in [1.807, 2.05) is 19.9 Å². The van der Waals surface area contributed by atoms with Crippen LogP contribution < -0.4 is 4.74 Å². The van der Waals surface area contributed by atoms with Crippen LogP contribution in [0.15, 0.2) is 24.3 Å². The molecular weight excluding hydrogens is 320 g/mol. The van der Waals surface area contributed by atoms with E-state index in [1.165, 1.54) is 0 Å². The average Bonchev–Trinajstić information content (AvgIpc) is 2.51. The zero-order valence-corrected chi connectivity index (χ0v) is 15.6. The Morgan fingerprint density at radius 3 is 2.62 bits per heavy atom. The highest BCUT2D eigenvalue weighted by molar-refractivity contribution is 6.33. The van der Waals surface area contributed by atoms with Crippen LogP contribution in [0.2, 0.25) is 5.02 Å². The van der Waals surface area contributed by atoms with Crippen LogP contribution in [-0.4, -0.2) is 5.11 Å². The summed E-state index contributed by atoms with van der Waals surface area (Å²) in [4.78, 5) is 0. The summed E-state index contributed by atoms with van der Waals surface area (Å²) >= 11 is 6.68. The predicted octanol–water partition coefficient (Wildman–Crippen LogP) is 6.38. The van der Waals surface area contributed by atoms with Gasteiger partial charge in [-0.3, -0.25) is 0 Å². The molecule has 0 bridgehead atoms. The monoisotopic (exact) mass is 344 g/mol. The van der Waals surface area contributed by atoms with Crippen molar-refractivity contribution in [2.24, 2.45) is 0 Å². The second-order valence-electron chi connectivity index (χ2n) is 7.19. The van der Waals surface area contributed by atoms with Crippen LogP contribution in [0.5, 0.6) is 11.5 Å². The van der Waals surface area contributed by atoms with Gasteiger partial charge in [-0.1, -0.05) is 55.1 Å². The summed E-state index contributed by atoms with van der Waals surface area (Å²) in [5.41, 5.74) is 4.45. The number of ether oxygens (including phenoxy) is 1. The summed E-state index contributed by atoms with van der Waals surface area (Å²) < 4.78 is 6.25. The molecule has 0 unspecified atom stereocenters. The van der Waals surface area contributed by atoms with Crippen LogP contribution in [0.25, 0.3) is 11.1 Å². The van der Waals surface area contributed by atoms with Gasteiger partial charge in [-0.25, -0.2) is 0 Å². The highest BCUT2D eigenvalue weighted by Gasteiger charge is 2.36. The topological polar surface area (TPSA) is 29.5 Å². The van der Waals surface area contributed by atoms with Crippen molar-refractivity contribution in [1.82, 2.24) is 0 Å². The van der Waals surface area contributed by atoms with Crippen LogP contribution in [-0.2, 0) is 12.0 Å². The van der Waals surface area contributed by atoms with Gasteiger partial charge in [0.1, 0.15) is 11.4 Å². The molecule has 0 spiro atoms. The third-order valence-corrected chi connectivity index (χ3v) is 5.19. The van der Waals surface area contributed by atoms with Gasteiger partial charge in [-0.2, -0.15) is 0 Å². The normalized spacial score (nSPS) is 14.7. The Morgan fingerprint density at radius 1 is 1.17 bits per heavy atom.